The molecule has 0 aliphatic rings. The number of rotatable bonds is 4. The minimum absolute atomic E-state index is 0.322. The third-order valence-corrected chi connectivity index (χ3v) is 2.03. The monoisotopic (exact) mass is 148 g/mol. The van der Waals surface area contributed by atoms with Gasteiger partial charge in [0.05, 0.1) is 0 Å². The van der Waals surface area contributed by atoms with Crippen molar-refractivity contribution in [2.45, 2.75) is 26.2 Å². The molecule has 0 aromatic heterocycles. The number of hydrogen-bond donors (Lipinski definition) is 0. The molecule has 0 unspecified atom stereocenters. The van der Waals surface area contributed by atoms with E-state index in [0.717, 1.165) is 0 Å². The van der Waals surface area contributed by atoms with Crippen molar-refractivity contribution in [3.05, 3.63) is 11.8 Å². The fourth-order valence-corrected chi connectivity index (χ4v) is 1.24. The molecule has 0 aromatic rings. The van der Waals surface area contributed by atoms with Crippen LogP contribution in [0.25, 0.3) is 0 Å². The van der Waals surface area contributed by atoms with Gasteiger partial charge in [-0.1, -0.05) is 31.5 Å². The van der Waals surface area contributed by atoms with E-state index in [9.17, 15) is 0 Å². The minimum Gasteiger partial charge on any atom is -0.171 e. The van der Waals surface area contributed by atoms with Crippen LogP contribution in [0, 0.1) is 0 Å². The molecule has 0 aromatic carbocycles. The number of hydrogen-bond acceptors (Lipinski definition) is 0. The van der Waals surface area contributed by atoms with Crippen LogP contribution in [0.2, 0.25) is 0 Å². The molecule has 8 heavy (non-hydrogen) atoms. The van der Waals surface area contributed by atoms with E-state index in [1.165, 1.54) is 19.3 Å². The molecule has 0 saturated heterocycles. The summed E-state index contributed by atoms with van der Waals surface area (Å²) in [7, 11) is -0.322. The maximum atomic E-state index is 5.53. The summed E-state index contributed by atoms with van der Waals surface area (Å²) < 4.78 is 0. The summed E-state index contributed by atoms with van der Waals surface area (Å²) in [5.41, 5.74) is 2.14. The summed E-state index contributed by atoms with van der Waals surface area (Å²) in [5.74, 6) is 0. The Bertz CT molecular complexity index is 61.5. The summed E-state index contributed by atoms with van der Waals surface area (Å²) in [5, 5.41) is 0. The average Bonchev–Trinajstić information content (AvgIpc) is 1.81. The minimum atomic E-state index is -0.322. The van der Waals surface area contributed by atoms with Crippen LogP contribution in [-0.4, -0.2) is 8.83 Å². The van der Waals surface area contributed by atoms with Gasteiger partial charge in [-0.15, -0.1) is 0 Å². The zero-order chi connectivity index (χ0) is 6.24. The molecule has 0 bridgehead atoms. The second kappa shape index (κ2) is 7.25. The second-order valence-corrected chi connectivity index (χ2v) is 3.47. The molecular weight excluding hydrogens is 136 g/mol. The lowest BCUT2D eigenvalue weighted by molar-refractivity contribution is 0.815. The number of unbranched alkanes of at least 4 members (excludes halogenated alkanes) is 2. The normalized spacial score (nSPS) is 12.2. The van der Waals surface area contributed by atoms with Gasteiger partial charge in [-0.25, -0.2) is 0 Å². The highest BCUT2D eigenvalue weighted by Crippen LogP contribution is 1.93. The Labute approximate surface area is 58.5 Å². The summed E-state index contributed by atoms with van der Waals surface area (Å²) in [6, 6.07) is 0. The number of halogens is 1. The van der Waals surface area contributed by atoms with Crippen LogP contribution >= 0.6 is 11.1 Å². The first-order valence-electron chi connectivity index (χ1n) is 3.12. The van der Waals surface area contributed by atoms with Crippen LogP contribution in [-0.2, 0) is 0 Å². The van der Waals surface area contributed by atoms with Crippen LogP contribution in [0.5, 0.6) is 0 Å². The molecule has 0 nitrogen and oxygen atoms in total. The van der Waals surface area contributed by atoms with Crippen molar-refractivity contribution in [2.24, 2.45) is 0 Å². The lowest BCUT2D eigenvalue weighted by Gasteiger charge is -1.84. The van der Waals surface area contributed by atoms with E-state index in [0.29, 0.717) is 0 Å². The van der Waals surface area contributed by atoms with Gasteiger partial charge in [-0.05, 0) is 6.42 Å². The Morgan fingerprint density at radius 2 is 2.38 bits per heavy atom. The first kappa shape index (κ1) is 8.25. The zero-order valence-electron chi connectivity index (χ0n) is 5.36. The molecule has 0 aliphatic heterocycles. The second-order valence-electron chi connectivity index (χ2n) is 1.77. The van der Waals surface area contributed by atoms with Crippen LogP contribution < -0.4 is 0 Å². The maximum Gasteiger partial charge on any atom is 0.148 e. The molecular formula is C6H13ClSi. The zero-order valence-corrected chi connectivity index (χ0v) is 7.53. The third kappa shape index (κ3) is 6.25. The topological polar surface area (TPSA) is 0 Å². The van der Waals surface area contributed by atoms with E-state index < -0.39 is 0 Å². The third-order valence-electron chi connectivity index (χ3n) is 0.980. The molecule has 0 radical (unpaired) electrons. The van der Waals surface area contributed by atoms with Crippen molar-refractivity contribution in [1.29, 1.82) is 0 Å². The van der Waals surface area contributed by atoms with Crippen molar-refractivity contribution in [3.8, 4) is 0 Å². The van der Waals surface area contributed by atoms with Gasteiger partial charge in [0.2, 0.25) is 0 Å². The molecule has 0 fully saturated rings. The molecule has 2 heteroatoms. The highest BCUT2D eigenvalue weighted by atomic mass is 35.6. The van der Waals surface area contributed by atoms with Crippen molar-refractivity contribution in [3.63, 3.8) is 0 Å². The Balaban J connectivity index is 2.80. The molecule has 0 spiro atoms. The van der Waals surface area contributed by atoms with Gasteiger partial charge in [-0.2, -0.15) is 11.1 Å². The summed E-state index contributed by atoms with van der Waals surface area (Å²) in [6.45, 7) is 2.20. The van der Waals surface area contributed by atoms with Gasteiger partial charge in [0, 0.05) is 0 Å². The summed E-state index contributed by atoms with van der Waals surface area (Å²) in [4.78, 5) is 0. The Morgan fingerprint density at radius 1 is 1.62 bits per heavy atom. The maximum absolute atomic E-state index is 5.53. The van der Waals surface area contributed by atoms with Crippen molar-refractivity contribution in [1.82, 2.24) is 0 Å². The van der Waals surface area contributed by atoms with Crippen LogP contribution in [0.4, 0.5) is 0 Å². The highest BCUT2D eigenvalue weighted by Gasteiger charge is 1.75. The molecule has 0 amide bonds. The largest absolute Gasteiger partial charge is 0.171 e. The van der Waals surface area contributed by atoms with Crippen LogP contribution in [0.3, 0.4) is 0 Å². The lowest BCUT2D eigenvalue weighted by Crippen LogP contribution is -1.69. The summed E-state index contributed by atoms with van der Waals surface area (Å²) in [6.07, 6.45) is 6.01. The van der Waals surface area contributed by atoms with Gasteiger partial charge in [0.15, 0.2) is 0 Å². The molecule has 0 atom stereocenters. The molecule has 0 rings (SSSR count). The van der Waals surface area contributed by atoms with E-state index in [2.05, 4.69) is 18.7 Å². The Hall–Kier alpha value is 0.247. The lowest BCUT2D eigenvalue weighted by atomic mass is 10.2. The van der Waals surface area contributed by atoms with E-state index in [1.54, 1.807) is 0 Å². The van der Waals surface area contributed by atoms with Gasteiger partial charge in [-0.3, -0.25) is 0 Å². The van der Waals surface area contributed by atoms with E-state index in [1.807, 2.05) is 0 Å². The predicted molar refractivity (Wildman–Crippen MR) is 43.1 cm³/mol. The molecule has 0 N–H and O–H groups in total. The van der Waals surface area contributed by atoms with Gasteiger partial charge >= 0.3 is 0 Å². The first-order valence-corrected chi connectivity index (χ1v) is 6.08. The molecule has 0 heterocycles. The number of allylic oxidation sites excluding steroid dienone is 1. The predicted octanol–water partition coefficient (Wildman–Crippen LogP) is 2.01. The van der Waals surface area contributed by atoms with Crippen molar-refractivity contribution in [2.75, 3.05) is 0 Å². The van der Waals surface area contributed by atoms with Crippen LogP contribution in [0.1, 0.15) is 26.2 Å². The Morgan fingerprint density at radius 3 is 2.88 bits per heavy atom. The first-order chi connectivity index (χ1) is 3.91. The SMILES string of the molecule is CCCC/C=C/[SiH2]Cl. The fourth-order valence-electron chi connectivity index (χ4n) is 0.503. The Kier molecular flexibility index (Phi) is 7.47. The molecule has 0 aliphatic carbocycles. The van der Waals surface area contributed by atoms with Crippen LogP contribution in [0.15, 0.2) is 11.8 Å². The smallest absolute Gasteiger partial charge is 0.148 e. The van der Waals surface area contributed by atoms with Gasteiger partial charge < -0.3 is 0 Å². The van der Waals surface area contributed by atoms with Gasteiger partial charge in [0.25, 0.3) is 0 Å². The average molecular weight is 149 g/mol. The fraction of sp³-hybridized carbons (Fsp3) is 0.667. The van der Waals surface area contributed by atoms with Crippen molar-refractivity contribution >= 4 is 19.9 Å². The van der Waals surface area contributed by atoms with E-state index in [4.69, 9.17) is 11.1 Å². The van der Waals surface area contributed by atoms with E-state index >= 15 is 0 Å². The molecule has 48 valence electrons. The standard InChI is InChI=1S/C6H13ClSi/c1-2-3-4-5-6-8-7/h5-6H,2-4,8H2,1H3/b6-5+. The van der Waals surface area contributed by atoms with E-state index in [-0.39, 0.29) is 8.83 Å². The molecule has 0 saturated carbocycles. The van der Waals surface area contributed by atoms with Gasteiger partial charge in [0.1, 0.15) is 8.83 Å². The quantitative estimate of drug-likeness (QED) is 0.325. The summed E-state index contributed by atoms with van der Waals surface area (Å²) >= 11 is 5.53. The highest BCUT2D eigenvalue weighted by molar-refractivity contribution is 6.96. The van der Waals surface area contributed by atoms with Crippen molar-refractivity contribution < 1.29 is 0 Å².